The van der Waals surface area contributed by atoms with Crippen LogP contribution in [0.2, 0.25) is 0 Å². The van der Waals surface area contributed by atoms with Crippen LogP contribution in [0.5, 0.6) is 17.2 Å². The number of aromatic hydroxyl groups is 2. The van der Waals surface area contributed by atoms with Gasteiger partial charge in [0, 0.05) is 48.4 Å². The summed E-state index contributed by atoms with van der Waals surface area (Å²) in [6.07, 6.45) is 12.2. The van der Waals surface area contributed by atoms with Crippen LogP contribution in [0.1, 0.15) is 178 Å². The first kappa shape index (κ1) is 48.6. The van der Waals surface area contributed by atoms with Crippen LogP contribution >= 0.6 is 0 Å². The zero-order valence-corrected chi connectivity index (χ0v) is 36.4. The van der Waals surface area contributed by atoms with Crippen LogP contribution in [-0.2, 0) is 39.8 Å². The zero-order chi connectivity index (χ0) is 45.0. The summed E-state index contributed by atoms with van der Waals surface area (Å²) in [7, 11) is 1.31. The molecule has 1 heterocycles. The lowest BCUT2D eigenvalue weighted by Crippen LogP contribution is -2.53. The summed E-state index contributed by atoms with van der Waals surface area (Å²) in [6.45, 7) is 2.10. The quantitative estimate of drug-likeness (QED) is 0.0374. The van der Waals surface area contributed by atoms with Gasteiger partial charge in [-0.15, -0.1) is 0 Å². The molecule has 1 aliphatic heterocycles. The zero-order valence-electron chi connectivity index (χ0n) is 36.4. The summed E-state index contributed by atoms with van der Waals surface area (Å²) in [5.74, 6) is -5.66. The molecule has 1 fully saturated rings. The van der Waals surface area contributed by atoms with Crippen molar-refractivity contribution in [1.82, 2.24) is 0 Å². The third-order valence-corrected chi connectivity index (χ3v) is 12.4. The average molecular weight is 868 g/mol. The van der Waals surface area contributed by atoms with Gasteiger partial charge in [0.1, 0.15) is 22.8 Å². The van der Waals surface area contributed by atoms with E-state index in [0.717, 1.165) is 19.3 Å². The van der Waals surface area contributed by atoms with Crippen LogP contribution in [0.25, 0.3) is 0 Å². The first-order valence-electron chi connectivity index (χ1n) is 22.4. The summed E-state index contributed by atoms with van der Waals surface area (Å²) in [5, 5.41) is 45.8. The smallest absolute Gasteiger partial charge is 0.344 e. The highest BCUT2D eigenvalue weighted by atomic mass is 16.7. The van der Waals surface area contributed by atoms with E-state index in [9.17, 15) is 44.4 Å². The SMILES string of the molecule is CCCCCCCCCCCCCCCCCC(=O)OCC(=O)OCC(=O)C1(O)Cc2c(O)c3c(c(O)c2C(OC2CC(N)C(O)C(C)O2)C1)C(=O)c1c(OC)cccc1C3=O. The number of nitrogens with two attached hydrogens (primary N) is 1. The van der Waals surface area contributed by atoms with Gasteiger partial charge in [0.15, 0.2) is 25.3 Å². The number of carbonyl (C=O) groups is 5. The Labute approximate surface area is 363 Å². The molecule has 15 heteroatoms. The molecule has 15 nitrogen and oxygen atoms in total. The summed E-state index contributed by atoms with van der Waals surface area (Å²) >= 11 is 0. The molecule has 2 aromatic rings. The normalized spacial score (nSPS) is 23.0. The van der Waals surface area contributed by atoms with Gasteiger partial charge in [0.25, 0.3) is 0 Å². The molecule has 62 heavy (non-hydrogen) atoms. The predicted molar refractivity (Wildman–Crippen MR) is 226 cm³/mol. The van der Waals surface area contributed by atoms with E-state index in [4.69, 9.17) is 29.4 Å². The average Bonchev–Trinajstić information content (AvgIpc) is 3.25. The number of hydrogen-bond donors (Lipinski definition) is 5. The number of phenols is 2. The number of carbonyl (C=O) groups excluding carboxylic acids is 5. The second kappa shape index (κ2) is 22.8. The van der Waals surface area contributed by atoms with Crippen molar-refractivity contribution in [1.29, 1.82) is 0 Å². The van der Waals surface area contributed by atoms with E-state index < -0.39 is 114 Å². The van der Waals surface area contributed by atoms with Crippen molar-refractivity contribution < 1.29 is 68.1 Å². The maximum atomic E-state index is 14.0. The molecule has 0 aromatic heterocycles. The highest BCUT2D eigenvalue weighted by molar-refractivity contribution is 6.31. The van der Waals surface area contributed by atoms with Crippen molar-refractivity contribution in [2.75, 3.05) is 20.3 Å². The molecule has 2 aromatic carbocycles. The Kier molecular flexibility index (Phi) is 17.9. The van der Waals surface area contributed by atoms with Crippen LogP contribution < -0.4 is 10.5 Å². The molecule has 0 amide bonds. The number of aliphatic hydroxyl groups excluding tert-OH is 1. The standard InChI is InChI=1S/C47H65NO14/c1-4-5-6-7-8-9-10-11-12-13-14-15-16-17-18-22-35(50)60-27-36(51)59-26-34(49)47(57)24-30-39(33(25-47)62-37-23-31(48)42(52)28(2)61-37)46(56)41-40(44(30)54)43(53)29-20-19-21-32(58-3)38(29)45(41)55/h19-21,28,31,33,37,42,52,54,56-57H,4-18,22-27,48H2,1-3H3. The molecule has 0 radical (unpaired) electrons. The Balaban J connectivity index is 1.16. The fraction of sp³-hybridized carbons (Fsp3) is 0.638. The molecule has 2 aliphatic carbocycles. The van der Waals surface area contributed by atoms with Crippen LogP contribution in [-0.4, -0.2) is 100 Å². The van der Waals surface area contributed by atoms with Gasteiger partial charge >= 0.3 is 11.9 Å². The molecule has 6 unspecified atom stereocenters. The van der Waals surface area contributed by atoms with Crippen LogP contribution in [0, 0.1) is 0 Å². The van der Waals surface area contributed by atoms with E-state index >= 15 is 0 Å². The summed E-state index contributed by atoms with van der Waals surface area (Å²) in [4.78, 5) is 66.4. The van der Waals surface area contributed by atoms with Gasteiger partial charge in [-0.05, 0) is 19.4 Å². The number of Topliss-reactive ketones (excluding diaryl/α,β-unsaturated/α-hetero) is 1. The Morgan fingerprint density at radius 2 is 1.39 bits per heavy atom. The minimum atomic E-state index is -2.41. The van der Waals surface area contributed by atoms with Gasteiger partial charge in [-0.3, -0.25) is 19.2 Å². The topological polar surface area (TPSA) is 238 Å². The molecule has 6 atom stereocenters. The lowest BCUT2D eigenvalue weighted by atomic mass is 9.72. The highest BCUT2D eigenvalue weighted by Gasteiger charge is 2.50. The molecule has 3 aliphatic rings. The molecule has 6 N–H and O–H groups in total. The minimum absolute atomic E-state index is 0.0425. The number of phenolic OH excluding ortho intramolecular Hbond substituents is 2. The van der Waals surface area contributed by atoms with Crippen LogP contribution in [0.3, 0.4) is 0 Å². The fourth-order valence-corrected chi connectivity index (χ4v) is 8.78. The number of methoxy groups -OCH3 is 1. The predicted octanol–water partition coefficient (Wildman–Crippen LogP) is 6.36. The van der Waals surface area contributed by atoms with E-state index in [1.54, 1.807) is 6.92 Å². The van der Waals surface area contributed by atoms with Gasteiger partial charge in [-0.1, -0.05) is 109 Å². The number of benzene rings is 2. The summed E-state index contributed by atoms with van der Waals surface area (Å²) < 4.78 is 27.5. The van der Waals surface area contributed by atoms with Crippen molar-refractivity contribution in [2.24, 2.45) is 5.73 Å². The van der Waals surface area contributed by atoms with Crippen LogP contribution in [0.4, 0.5) is 0 Å². The first-order valence-corrected chi connectivity index (χ1v) is 22.4. The number of rotatable bonds is 24. The summed E-state index contributed by atoms with van der Waals surface area (Å²) in [5.41, 5.74) is 2.02. The summed E-state index contributed by atoms with van der Waals surface area (Å²) in [6, 6.07) is 3.54. The van der Waals surface area contributed by atoms with E-state index in [-0.39, 0.29) is 40.8 Å². The molecular weight excluding hydrogens is 803 g/mol. The van der Waals surface area contributed by atoms with E-state index in [2.05, 4.69) is 6.92 Å². The van der Waals surface area contributed by atoms with Gasteiger partial charge < -0.3 is 49.8 Å². The molecular formula is C47H65NO14. The van der Waals surface area contributed by atoms with Crippen molar-refractivity contribution in [2.45, 2.75) is 172 Å². The van der Waals surface area contributed by atoms with Crippen molar-refractivity contribution in [3.8, 4) is 17.2 Å². The first-order chi connectivity index (χ1) is 29.7. The Bertz CT molecular complexity index is 1900. The Morgan fingerprint density at radius 3 is 1.98 bits per heavy atom. The number of ether oxygens (including phenoxy) is 5. The van der Waals surface area contributed by atoms with Crippen molar-refractivity contribution in [3.63, 3.8) is 0 Å². The fourth-order valence-electron chi connectivity index (χ4n) is 8.78. The largest absolute Gasteiger partial charge is 0.507 e. The Morgan fingerprint density at radius 1 is 0.806 bits per heavy atom. The van der Waals surface area contributed by atoms with Gasteiger partial charge in [-0.25, -0.2) is 4.79 Å². The second-order valence-electron chi connectivity index (χ2n) is 17.0. The van der Waals surface area contributed by atoms with Gasteiger partial charge in [-0.2, -0.15) is 0 Å². The van der Waals surface area contributed by atoms with Gasteiger partial charge in [0.2, 0.25) is 11.6 Å². The molecule has 0 spiro atoms. The molecule has 342 valence electrons. The number of fused-ring (bicyclic) bond motifs is 3. The molecule has 5 rings (SSSR count). The lowest BCUT2D eigenvalue weighted by Gasteiger charge is -2.42. The number of esters is 2. The van der Waals surface area contributed by atoms with E-state index in [1.807, 2.05) is 0 Å². The molecule has 0 saturated carbocycles. The number of hydrogen-bond acceptors (Lipinski definition) is 15. The monoisotopic (exact) mass is 867 g/mol. The third kappa shape index (κ3) is 11.8. The number of aliphatic hydroxyl groups is 2. The maximum Gasteiger partial charge on any atom is 0.344 e. The third-order valence-electron chi connectivity index (χ3n) is 12.4. The number of ketones is 3. The molecule has 0 bridgehead atoms. The van der Waals surface area contributed by atoms with Gasteiger partial charge in [0.05, 0.1) is 42.1 Å². The number of unbranched alkanes of at least 4 members (excludes halogenated alkanes) is 14. The highest BCUT2D eigenvalue weighted by Crippen LogP contribution is 2.52. The van der Waals surface area contributed by atoms with E-state index in [0.29, 0.717) is 6.42 Å². The lowest BCUT2D eigenvalue weighted by molar-refractivity contribution is -0.247. The minimum Gasteiger partial charge on any atom is -0.507 e. The van der Waals surface area contributed by atoms with Crippen molar-refractivity contribution in [3.05, 3.63) is 51.6 Å². The molecule has 1 saturated heterocycles. The van der Waals surface area contributed by atoms with Crippen LogP contribution in [0.15, 0.2) is 18.2 Å². The van der Waals surface area contributed by atoms with Crippen molar-refractivity contribution >= 4 is 29.3 Å². The second-order valence-corrected chi connectivity index (χ2v) is 17.0. The maximum absolute atomic E-state index is 14.0. The van der Waals surface area contributed by atoms with E-state index in [1.165, 1.54) is 95.9 Å². The Hall–Kier alpha value is -4.41.